The maximum atomic E-state index is 12.8. The number of aliphatic imine (C=N–C) groups is 1. The van der Waals surface area contributed by atoms with Crippen LogP contribution in [-0.4, -0.2) is 56.8 Å². The molecule has 1 saturated heterocycles. The van der Waals surface area contributed by atoms with Gasteiger partial charge in [0.2, 0.25) is 0 Å². The molecule has 0 amide bonds. The second-order valence-corrected chi connectivity index (χ2v) is 6.93. The Hall–Kier alpha value is -2.09. The van der Waals surface area contributed by atoms with E-state index in [1.54, 1.807) is 25.1 Å². The molecule has 0 atom stereocenters. The number of alkyl halides is 2. The number of unbranched alkanes of at least 4 members (excludes halogenated alkanes) is 1. The number of para-hydroxylation sites is 1. The zero-order valence-electron chi connectivity index (χ0n) is 17.6. The van der Waals surface area contributed by atoms with Crippen molar-refractivity contribution in [3.63, 3.8) is 0 Å². The molecule has 0 spiro atoms. The average molecular weight is 413 g/mol. The Morgan fingerprint density at radius 1 is 1.17 bits per heavy atom. The van der Waals surface area contributed by atoms with Gasteiger partial charge in [0, 0.05) is 18.7 Å². The summed E-state index contributed by atoms with van der Waals surface area (Å²) in [6.45, 7) is 6.59. The number of guanidine groups is 1. The van der Waals surface area contributed by atoms with Crippen LogP contribution < -0.4 is 20.1 Å². The summed E-state index contributed by atoms with van der Waals surface area (Å²) in [7, 11) is 0. The lowest BCUT2D eigenvalue weighted by atomic mass is 10.2. The lowest BCUT2D eigenvalue weighted by Gasteiger charge is -2.16. The number of benzene rings is 1. The molecule has 2 N–H and O–H groups in total. The molecule has 164 valence electrons. The van der Waals surface area contributed by atoms with Gasteiger partial charge in [-0.05, 0) is 65.2 Å². The van der Waals surface area contributed by atoms with E-state index in [4.69, 9.17) is 9.47 Å². The van der Waals surface area contributed by atoms with Crippen LogP contribution in [0.15, 0.2) is 23.2 Å². The summed E-state index contributed by atoms with van der Waals surface area (Å²) < 4.78 is 35.8. The second kappa shape index (κ2) is 13.2. The van der Waals surface area contributed by atoms with Gasteiger partial charge in [0.1, 0.15) is 0 Å². The van der Waals surface area contributed by atoms with Crippen molar-refractivity contribution in [3.05, 3.63) is 23.8 Å². The summed E-state index contributed by atoms with van der Waals surface area (Å²) in [5.41, 5.74) is 0.558. The van der Waals surface area contributed by atoms with Crippen molar-refractivity contribution in [2.75, 3.05) is 39.3 Å². The Balaban J connectivity index is 1.91. The van der Waals surface area contributed by atoms with E-state index in [0.717, 1.165) is 32.5 Å². The molecule has 1 aromatic carbocycles. The smallest absolute Gasteiger partial charge is 0.387 e. The van der Waals surface area contributed by atoms with E-state index in [-0.39, 0.29) is 12.3 Å². The molecular formula is C21H34F2N4O2. The molecular weight excluding hydrogens is 378 g/mol. The van der Waals surface area contributed by atoms with Gasteiger partial charge in [-0.3, -0.25) is 0 Å². The largest absolute Gasteiger partial charge is 0.490 e. The monoisotopic (exact) mass is 412 g/mol. The highest BCUT2D eigenvalue weighted by Crippen LogP contribution is 2.33. The van der Waals surface area contributed by atoms with Crippen molar-refractivity contribution in [1.29, 1.82) is 0 Å². The molecule has 1 aliphatic heterocycles. The predicted octanol–water partition coefficient (Wildman–Crippen LogP) is 3.62. The first kappa shape index (κ1) is 23.2. The van der Waals surface area contributed by atoms with Crippen molar-refractivity contribution < 1.29 is 18.3 Å². The predicted molar refractivity (Wildman–Crippen MR) is 112 cm³/mol. The van der Waals surface area contributed by atoms with Crippen molar-refractivity contribution in [2.45, 2.75) is 52.7 Å². The number of nitrogens with zero attached hydrogens (tertiary/aromatic N) is 2. The number of ether oxygens (including phenoxy) is 2. The Kier molecular flexibility index (Phi) is 10.5. The fourth-order valence-corrected chi connectivity index (χ4v) is 3.36. The standard InChI is InChI=1S/C21H34F2N4O2/c1-3-24-21(25-12-5-6-13-27-14-7-8-15-27)26-16-17-10-9-11-18(28-4-2)19(17)29-20(22)23/h9-11,20H,3-8,12-16H2,1-2H3,(H2,24,25,26). The molecule has 2 rings (SSSR count). The zero-order valence-corrected chi connectivity index (χ0v) is 17.6. The summed E-state index contributed by atoms with van der Waals surface area (Å²) in [6, 6.07) is 5.11. The Morgan fingerprint density at radius 2 is 1.97 bits per heavy atom. The lowest BCUT2D eigenvalue weighted by Crippen LogP contribution is -2.38. The summed E-state index contributed by atoms with van der Waals surface area (Å²) in [4.78, 5) is 7.04. The minimum absolute atomic E-state index is 0.0505. The molecule has 0 bridgehead atoms. The van der Waals surface area contributed by atoms with Crippen LogP contribution in [0, 0.1) is 0 Å². The van der Waals surface area contributed by atoms with E-state index >= 15 is 0 Å². The minimum Gasteiger partial charge on any atom is -0.490 e. The van der Waals surface area contributed by atoms with Crippen LogP contribution in [-0.2, 0) is 6.54 Å². The first-order valence-corrected chi connectivity index (χ1v) is 10.6. The number of rotatable bonds is 12. The van der Waals surface area contributed by atoms with Crippen molar-refractivity contribution in [2.24, 2.45) is 4.99 Å². The van der Waals surface area contributed by atoms with Gasteiger partial charge in [-0.15, -0.1) is 0 Å². The molecule has 0 radical (unpaired) electrons. The topological polar surface area (TPSA) is 58.1 Å². The minimum atomic E-state index is -2.92. The molecule has 1 fully saturated rings. The normalized spacial score (nSPS) is 15.0. The molecule has 29 heavy (non-hydrogen) atoms. The van der Waals surface area contributed by atoms with Gasteiger partial charge in [-0.1, -0.05) is 12.1 Å². The van der Waals surface area contributed by atoms with Crippen LogP contribution in [0.25, 0.3) is 0 Å². The highest BCUT2D eigenvalue weighted by molar-refractivity contribution is 5.79. The molecule has 1 aromatic rings. The summed E-state index contributed by atoms with van der Waals surface area (Å²) in [5.74, 6) is 1.02. The molecule has 0 aromatic heterocycles. The number of hydrogen-bond donors (Lipinski definition) is 2. The first-order valence-electron chi connectivity index (χ1n) is 10.6. The molecule has 6 nitrogen and oxygen atoms in total. The molecule has 0 unspecified atom stereocenters. The van der Waals surface area contributed by atoms with Crippen LogP contribution in [0.5, 0.6) is 11.5 Å². The van der Waals surface area contributed by atoms with Crippen LogP contribution in [0.3, 0.4) is 0 Å². The van der Waals surface area contributed by atoms with Gasteiger partial charge >= 0.3 is 6.61 Å². The van der Waals surface area contributed by atoms with E-state index in [9.17, 15) is 8.78 Å². The Bertz CT molecular complexity index is 623. The summed E-state index contributed by atoms with van der Waals surface area (Å²) in [6.07, 6.45) is 4.84. The fourth-order valence-electron chi connectivity index (χ4n) is 3.36. The van der Waals surface area contributed by atoms with E-state index < -0.39 is 6.61 Å². The number of likely N-dealkylation sites (tertiary alicyclic amines) is 1. The zero-order chi connectivity index (χ0) is 20.9. The highest BCUT2D eigenvalue weighted by Gasteiger charge is 2.15. The Morgan fingerprint density at radius 3 is 2.66 bits per heavy atom. The van der Waals surface area contributed by atoms with Crippen molar-refractivity contribution in [3.8, 4) is 11.5 Å². The van der Waals surface area contributed by atoms with Gasteiger partial charge in [0.15, 0.2) is 17.5 Å². The maximum absolute atomic E-state index is 12.8. The van der Waals surface area contributed by atoms with E-state index in [0.29, 0.717) is 23.9 Å². The number of nitrogens with one attached hydrogen (secondary N) is 2. The average Bonchev–Trinajstić information content (AvgIpc) is 3.21. The van der Waals surface area contributed by atoms with Gasteiger partial charge in [0.25, 0.3) is 0 Å². The lowest BCUT2D eigenvalue weighted by molar-refractivity contribution is -0.0520. The van der Waals surface area contributed by atoms with Crippen LogP contribution in [0.2, 0.25) is 0 Å². The first-order chi connectivity index (χ1) is 14.1. The molecule has 8 heteroatoms. The van der Waals surface area contributed by atoms with E-state index in [1.165, 1.54) is 25.9 Å². The third kappa shape index (κ3) is 8.43. The van der Waals surface area contributed by atoms with Gasteiger partial charge in [-0.2, -0.15) is 8.78 Å². The van der Waals surface area contributed by atoms with Crippen molar-refractivity contribution in [1.82, 2.24) is 15.5 Å². The quantitative estimate of drug-likeness (QED) is 0.312. The molecule has 0 aliphatic carbocycles. The summed E-state index contributed by atoms with van der Waals surface area (Å²) in [5, 5.41) is 6.51. The van der Waals surface area contributed by atoms with Gasteiger partial charge in [0.05, 0.1) is 13.2 Å². The molecule has 0 saturated carbocycles. The Labute approximate surface area is 172 Å². The third-order valence-electron chi connectivity index (χ3n) is 4.71. The van der Waals surface area contributed by atoms with Crippen LogP contribution >= 0.6 is 0 Å². The number of hydrogen-bond acceptors (Lipinski definition) is 4. The van der Waals surface area contributed by atoms with Gasteiger partial charge in [-0.25, -0.2) is 4.99 Å². The SMILES string of the molecule is CCNC(=NCc1cccc(OCC)c1OC(F)F)NCCCCN1CCCC1. The maximum Gasteiger partial charge on any atom is 0.387 e. The van der Waals surface area contributed by atoms with Crippen LogP contribution in [0.4, 0.5) is 8.78 Å². The highest BCUT2D eigenvalue weighted by atomic mass is 19.3. The van der Waals surface area contributed by atoms with E-state index in [2.05, 4.69) is 20.5 Å². The third-order valence-corrected chi connectivity index (χ3v) is 4.71. The van der Waals surface area contributed by atoms with Crippen LogP contribution in [0.1, 0.15) is 45.1 Å². The molecule has 1 aliphatic rings. The number of halogens is 2. The summed E-state index contributed by atoms with van der Waals surface area (Å²) >= 11 is 0. The van der Waals surface area contributed by atoms with Crippen molar-refractivity contribution >= 4 is 5.96 Å². The van der Waals surface area contributed by atoms with E-state index in [1.807, 2.05) is 6.92 Å². The molecule has 1 heterocycles. The van der Waals surface area contributed by atoms with Gasteiger partial charge < -0.3 is 25.0 Å². The second-order valence-electron chi connectivity index (χ2n) is 6.93. The fraction of sp³-hybridized carbons (Fsp3) is 0.667.